The van der Waals surface area contributed by atoms with Crippen LogP contribution in [0.25, 0.3) is 0 Å². The quantitative estimate of drug-likeness (QED) is 0.630. The van der Waals surface area contributed by atoms with Gasteiger partial charge in [-0.15, -0.1) is 0 Å². The maximum Gasteiger partial charge on any atom is 0.0238 e. The summed E-state index contributed by atoms with van der Waals surface area (Å²) in [6.07, 6.45) is 0. The lowest BCUT2D eigenvalue weighted by Crippen LogP contribution is -1.99. The first-order valence-corrected chi connectivity index (χ1v) is 4.79. The predicted octanol–water partition coefficient (Wildman–Crippen LogP) is 2.28. The van der Waals surface area contributed by atoms with Gasteiger partial charge in [-0.05, 0) is 23.6 Å². The van der Waals surface area contributed by atoms with Gasteiger partial charge in [0.25, 0.3) is 0 Å². The summed E-state index contributed by atoms with van der Waals surface area (Å²) in [5.74, 6) is 0. The molecule has 1 atom stereocenters. The number of benzene rings is 1. The van der Waals surface area contributed by atoms with Crippen LogP contribution < -0.4 is 5.32 Å². The van der Waals surface area contributed by atoms with Crippen molar-refractivity contribution in [2.75, 3.05) is 0 Å². The molecule has 1 N–H and O–H groups in total. The second kappa shape index (κ2) is 3.11. The molecule has 2 rings (SSSR count). The molecule has 1 aliphatic rings. The predicted molar refractivity (Wildman–Crippen MR) is 54.4 cm³/mol. The number of hydrogen-bond donors (Lipinski definition) is 2. The first-order valence-electron chi connectivity index (χ1n) is 4.28. The highest BCUT2D eigenvalue weighted by atomic mass is 32.1. The Hall–Kier alpha value is -0.470. The van der Waals surface area contributed by atoms with Crippen molar-refractivity contribution >= 4 is 12.6 Å². The van der Waals surface area contributed by atoms with E-state index in [0.29, 0.717) is 5.25 Å². The van der Waals surface area contributed by atoms with Crippen LogP contribution in [-0.4, -0.2) is 0 Å². The van der Waals surface area contributed by atoms with Crippen LogP contribution in [0.5, 0.6) is 0 Å². The van der Waals surface area contributed by atoms with E-state index in [9.17, 15) is 0 Å². The van der Waals surface area contributed by atoms with E-state index in [1.54, 1.807) is 0 Å². The third kappa shape index (κ3) is 1.37. The average molecular weight is 179 g/mol. The highest BCUT2D eigenvalue weighted by molar-refractivity contribution is 7.80. The van der Waals surface area contributed by atoms with Gasteiger partial charge < -0.3 is 5.32 Å². The molecule has 1 nitrogen and oxygen atoms in total. The lowest BCUT2D eigenvalue weighted by Gasteiger charge is -2.06. The molecule has 1 aromatic carbocycles. The molecular formula is C10H13NS. The Labute approximate surface area is 78.6 Å². The summed E-state index contributed by atoms with van der Waals surface area (Å²) in [6, 6.07) is 6.63. The minimum Gasteiger partial charge on any atom is -0.309 e. The van der Waals surface area contributed by atoms with Gasteiger partial charge >= 0.3 is 0 Å². The molecule has 0 radical (unpaired) electrons. The monoisotopic (exact) mass is 179 g/mol. The molecule has 0 spiro atoms. The van der Waals surface area contributed by atoms with Gasteiger partial charge in [0.15, 0.2) is 0 Å². The summed E-state index contributed by atoms with van der Waals surface area (Å²) in [7, 11) is 0. The van der Waals surface area contributed by atoms with E-state index in [-0.39, 0.29) is 0 Å². The van der Waals surface area contributed by atoms with Crippen LogP contribution in [0.3, 0.4) is 0 Å². The molecule has 0 saturated carbocycles. The van der Waals surface area contributed by atoms with Gasteiger partial charge in [0.1, 0.15) is 0 Å². The van der Waals surface area contributed by atoms with Crippen LogP contribution in [0, 0.1) is 0 Å². The van der Waals surface area contributed by atoms with Gasteiger partial charge in [-0.25, -0.2) is 0 Å². The molecular weight excluding hydrogens is 166 g/mol. The Kier molecular flexibility index (Phi) is 2.11. The minimum atomic E-state index is 0.343. The van der Waals surface area contributed by atoms with Crippen molar-refractivity contribution in [1.29, 1.82) is 0 Å². The van der Waals surface area contributed by atoms with Crippen molar-refractivity contribution in [2.24, 2.45) is 0 Å². The summed E-state index contributed by atoms with van der Waals surface area (Å²) in [4.78, 5) is 0. The molecule has 0 aliphatic carbocycles. The van der Waals surface area contributed by atoms with Crippen LogP contribution in [0.2, 0.25) is 0 Å². The largest absolute Gasteiger partial charge is 0.309 e. The number of nitrogens with one attached hydrogen (secondary N) is 1. The van der Waals surface area contributed by atoms with Gasteiger partial charge in [-0.3, -0.25) is 0 Å². The molecule has 12 heavy (non-hydrogen) atoms. The zero-order valence-corrected chi connectivity index (χ0v) is 8.07. The molecule has 2 heteroatoms. The molecule has 0 aromatic heterocycles. The first kappa shape index (κ1) is 8.14. The standard InChI is InChI=1S/C10H13NS/c1-7(12)8-2-3-9-5-11-6-10(9)4-8/h2-4,7,11-12H,5-6H2,1H3. The van der Waals surface area contributed by atoms with E-state index < -0.39 is 0 Å². The van der Waals surface area contributed by atoms with E-state index in [2.05, 4.69) is 43.1 Å². The highest BCUT2D eigenvalue weighted by Crippen LogP contribution is 2.23. The Morgan fingerprint density at radius 1 is 1.33 bits per heavy atom. The van der Waals surface area contributed by atoms with Gasteiger partial charge in [0, 0.05) is 18.3 Å². The van der Waals surface area contributed by atoms with E-state index in [1.165, 1.54) is 16.7 Å². The number of rotatable bonds is 1. The second-order valence-corrected chi connectivity index (χ2v) is 4.08. The fourth-order valence-corrected chi connectivity index (χ4v) is 1.74. The Bertz CT molecular complexity index is 294. The molecule has 0 fully saturated rings. The summed E-state index contributed by atoms with van der Waals surface area (Å²) >= 11 is 4.41. The lowest BCUT2D eigenvalue weighted by molar-refractivity contribution is 0.764. The number of fused-ring (bicyclic) bond motifs is 1. The molecule has 64 valence electrons. The SMILES string of the molecule is CC(S)c1ccc2c(c1)CNC2. The van der Waals surface area contributed by atoms with Crippen molar-refractivity contribution in [3.63, 3.8) is 0 Å². The van der Waals surface area contributed by atoms with Crippen molar-refractivity contribution in [2.45, 2.75) is 25.3 Å². The van der Waals surface area contributed by atoms with Crippen molar-refractivity contribution < 1.29 is 0 Å². The maximum absolute atomic E-state index is 4.41. The van der Waals surface area contributed by atoms with Crippen LogP contribution in [0.15, 0.2) is 18.2 Å². The first-order chi connectivity index (χ1) is 5.77. The van der Waals surface area contributed by atoms with E-state index in [0.717, 1.165) is 13.1 Å². The smallest absolute Gasteiger partial charge is 0.0238 e. The molecule has 1 unspecified atom stereocenters. The summed E-state index contributed by atoms with van der Waals surface area (Å²) in [5.41, 5.74) is 4.20. The Morgan fingerprint density at radius 3 is 2.83 bits per heavy atom. The van der Waals surface area contributed by atoms with Crippen molar-refractivity contribution in [1.82, 2.24) is 5.32 Å². The zero-order chi connectivity index (χ0) is 8.55. The normalized spacial score (nSPS) is 17.5. The number of hydrogen-bond acceptors (Lipinski definition) is 2. The van der Waals surface area contributed by atoms with Crippen LogP contribution in [-0.2, 0) is 13.1 Å². The highest BCUT2D eigenvalue weighted by Gasteiger charge is 2.10. The summed E-state index contributed by atoms with van der Waals surface area (Å²) < 4.78 is 0. The van der Waals surface area contributed by atoms with Gasteiger partial charge in [0.05, 0.1) is 0 Å². The third-order valence-electron chi connectivity index (χ3n) is 2.34. The van der Waals surface area contributed by atoms with Crippen LogP contribution in [0.4, 0.5) is 0 Å². The fraction of sp³-hybridized carbons (Fsp3) is 0.400. The Morgan fingerprint density at radius 2 is 2.08 bits per heavy atom. The second-order valence-electron chi connectivity index (χ2n) is 3.31. The molecule has 0 bridgehead atoms. The van der Waals surface area contributed by atoms with Gasteiger partial charge in [0.2, 0.25) is 0 Å². The van der Waals surface area contributed by atoms with Gasteiger partial charge in [-0.1, -0.05) is 18.2 Å². The van der Waals surface area contributed by atoms with Crippen LogP contribution in [0.1, 0.15) is 28.9 Å². The van der Waals surface area contributed by atoms with Crippen molar-refractivity contribution in [3.8, 4) is 0 Å². The molecule has 1 aliphatic heterocycles. The molecule has 0 saturated heterocycles. The van der Waals surface area contributed by atoms with E-state index in [1.807, 2.05) is 0 Å². The van der Waals surface area contributed by atoms with E-state index in [4.69, 9.17) is 0 Å². The molecule has 0 amide bonds. The fourth-order valence-electron chi connectivity index (χ4n) is 1.57. The summed E-state index contributed by atoms with van der Waals surface area (Å²) in [6.45, 7) is 4.15. The minimum absolute atomic E-state index is 0.343. The average Bonchev–Trinajstić information content (AvgIpc) is 2.49. The lowest BCUT2D eigenvalue weighted by atomic mass is 10.0. The summed E-state index contributed by atoms with van der Waals surface area (Å²) in [5, 5.41) is 3.67. The Balaban J connectivity index is 2.39. The number of thiol groups is 1. The topological polar surface area (TPSA) is 12.0 Å². The molecule has 1 heterocycles. The van der Waals surface area contributed by atoms with Gasteiger partial charge in [-0.2, -0.15) is 12.6 Å². The molecule has 1 aromatic rings. The van der Waals surface area contributed by atoms with E-state index >= 15 is 0 Å². The zero-order valence-electron chi connectivity index (χ0n) is 7.17. The van der Waals surface area contributed by atoms with Crippen LogP contribution >= 0.6 is 12.6 Å². The maximum atomic E-state index is 4.41. The van der Waals surface area contributed by atoms with Crippen molar-refractivity contribution in [3.05, 3.63) is 34.9 Å². The third-order valence-corrected chi connectivity index (χ3v) is 2.64.